The van der Waals surface area contributed by atoms with Crippen LogP contribution in [0.15, 0.2) is 16.6 Å². The third kappa shape index (κ3) is 2.99. The Morgan fingerprint density at radius 3 is 2.78 bits per heavy atom. The average Bonchev–Trinajstić information content (AvgIpc) is 2.31. The van der Waals surface area contributed by atoms with Crippen molar-refractivity contribution in [2.45, 2.75) is 0 Å². The Bertz CT molecular complexity index is 560. The van der Waals surface area contributed by atoms with Crippen molar-refractivity contribution in [3.05, 3.63) is 28.0 Å². The third-order valence-electron chi connectivity index (χ3n) is 2.13. The molecular weight excluding hydrogens is 303 g/mol. The van der Waals surface area contributed by atoms with Gasteiger partial charge >= 0.3 is 5.97 Å². The first-order valence-corrected chi connectivity index (χ1v) is 5.58. The fraction of sp³-hybridized carbons (Fsp3) is 0.167. The summed E-state index contributed by atoms with van der Waals surface area (Å²) in [5.74, 6) is 0.439. The van der Waals surface area contributed by atoms with Crippen LogP contribution >= 0.6 is 15.9 Å². The molecule has 0 bridgehead atoms. The number of benzene rings is 1. The zero-order chi connectivity index (χ0) is 13.7. The normalized spacial score (nSPS) is 9.33. The smallest absolute Gasteiger partial charge is 0.323 e. The molecule has 0 radical (unpaired) electrons. The van der Waals surface area contributed by atoms with Crippen LogP contribution in [0.4, 0.5) is 10.1 Å². The lowest BCUT2D eigenvalue weighted by molar-refractivity contribution is -0.135. The summed E-state index contributed by atoms with van der Waals surface area (Å²) in [7, 11) is 0. The monoisotopic (exact) mass is 310 g/mol. The van der Waals surface area contributed by atoms with E-state index in [9.17, 15) is 9.18 Å². The minimum absolute atomic E-state index is 0.00471. The molecule has 0 spiro atoms. The van der Waals surface area contributed by atoms with Gasteiger partial charge in [0, 0.05) is 0 Å². The lowest BCUT2D eigenvalue weighted by Gasteiger charge is -2.21. The standard InChI is InChI=1S/C12H8BrFN2O2/c1-2-5-16(7-10(17)18)9-4-3-8(6-15)11(13)12(9)14/h1,3-4H,5,7H2,(H,17,18). The molecule has 1 aromatic rings. The first-order chi connectivity index (χ1) is 8.51. The highest BCUT2D eigenvalue weighted by molar-refractivity contribution is 9.10. The van der Waals surface area contributed by atoms with Gasteiger partial charge in [0.15, 0.2) is 5.82 Å². The Morgan fingerprint density at radius 1 is 1.61 bits per heavy atom. The Kier molecular flexibility index (Phi) is 4.70. The molecule has 6 heteroatoms. The SMILES string of the molecule is C#CCN(CC(=O)O)c1ccc(C#N)c(Br)c1F. The zero-order valence-electron chi connectivity index (χ0n) is 9.15. The van der Waals surface area contributed by atoms with Crippen LogP contribution in [0.2, 0.25) is 0 Å². The predicted octanol–water partition coefficient (Wildman–Crippen LogP) is 1.98. The molecule has 0 aliphatic rings. The van der Waals surface area contributed by atoms with E-state index >= 15 is 0 Å². The summed E-state index contributed by atoms with van der Waals surface area (Å²) < 4.78 is 14.0. The maximum atomic E-state index is 14.0. The molecule has 4 nitrogen and oxygen atoms in total. The van der Waals surface area contributed by atoms with Crippen molar-refractivity contribution in [3.8, 4) is 18.4 Å². The number of rotatable bonds is 4. The van der Waals surface area contributed by atoms with E-state index in [0.717, 1.165) is 0 Å². The van der Waals surface area contributed by atoms with Crippen molar-refractivity contribution in [3.63, 3.8) is 0 Å². The maximum Gasteiger partial charge on any atom is 0.323 e. The van der Waals surface area contributed by atoms with Crippen LogP contribution in [0.25, 0.3) is 0 Å². The molecule has 18 heavy (non-hydrogen) atoms. The number of carbonyl (C=O) groups is 1. The number of terminal acetylenes is 1. The van der Waals surface area contributed by atoms with Gasteiger partial charge in [-0.2, -0.15) is 5.26 Å². The van der Waals surface area contributed by atoms with E-state index < -0.39 is 18.3 Å². The molecule has 0 fully saturated rings. The van der Waals surface area contributed by atoms with E-state index in [-0.39, 0.29) is 22.3 Å². The van der Waals surface area contributed by atoms with Crippen molar-refractivity contribution in [2.75, 3.05) is 18.0 Å². The van der Waals surface area contributed by atoms with Gasteiger partial charge in [-0.3, -0.25) is 4.79 Å². The summed E-state index contributed by atoms with van der Waals surface area (Å²) in [5, 5.41) is 17.5. The van der Waals surface area contributed by atoms with E-state index in [1.165, 1.54) is 17.0 Å². The summed E-state index contributed by atoms with van der Waals surface area (Å²) in [4.78, 5) is 11.9. The summed E-state index contributed by atoms with van der Waals surface area (Å²) in [6.45, 7) is -0.457. The summed E-state index contributed by atoms with van der Waals surface area (Å²) >= 11 is 2.95. The number of nitriles is 1. The molecule has 0 aromatic heterocycles. The highest BCUT2D eigenvalue weighted by Crippen LogP contribution is 2.28. The van der Waals surface area contributed by atoms with Crippen molar-refractivity contribution in [1.82, 2.24) is 0 Å². The molecule has 1 rings (SSSR count). The molecule has 0 atom stereocenters. The fourth-order valence-electron chi connectivity index (χ4n) is 1.37. The highest BCUT2D eigenvalue weighted by Gasteiger charge is 2.17. The average molecular weight is 311 g/mol. The minimum atomic E-state index is -1.12. The number of hydrogen-bond acceptors (Lipinski definition) is 3. The Balaban J connectivity index is 3.22. The lowest BCUT2D eigenvalue weighted by Crippen LogP contribution is -2.30. The second kappa shape index (κ2) is 6.04. The molecule has 92 valence electrons. The topological polar surface area (TPSA) is 64.3 Å². The van der Waals surface area contributed by atoms with Gasteiger partial charge in [-0.05, 0) is 28.1 Å². The Hall–Kier alpha value is -2.05. The zero-order valence-corrected chi connectivity index (χ0v) is 10.7. The molecule has 0 saturated heterocycles. The minimum Gasteiger partial charge on any atom is -0.480 e. The summed E-state index contributed by atoms with van der Waals surface area (Å²) in [6, 6.07) is 4.54. The van der Waals surface area contributed by atoms with Gasteiger partial charge in [-0.25, -0.2) is 4.39 Å². The van der Waals surface area contributed by atoms with Gasteiger partial charge in [0.25, 0.3) is 0 Å². The predicted molar refractivity (Wildman–Crippen MR) is 67.5 cm³/mol. The van der Waals surface area contributed by atoms with Crippen molar-refractivity contribution in [2.24, 2.45) is 0 Å². The molecule has 0 heterocycles. The first-order valence-electron chi connectivity index (χ1n) is 4.79. The van der Waals surface area contributed by atoms with Crippen LogP contribution in [0.1, 0.15) is 5.56 Å². The summed E-state index contributed by atoms with van der Waals surface area (Å²) in [6.07, 6.45) is 5.12. The van der Waals surface area contributed by atoms with Crippen LogP contribution in [-0.2, 0) is 4.79 Å². The molecule has 0 aliphatic heterocycles. The first kappa shape index (κ1) is 14.0. The van der Waals surface area contributed by atoms with Crippen LogP contribution < -0.4 is 4.90 Å². The number of carboxylic acid groups (broad SMARTS) is 1. The van der Waals surface area contributed by atoms with Gasteiger partial charge in [-0.1, -0.05) is 5.92 Å². The molecule has 1 aromatic carbocycles. The molecule has 0 aliphatic carbocycles. The van der Waals surface area contributed by atoms with Crippen LogP contribution in [-0.4, -0.2) is 24.2 Å². The van der Waals surface area contributed by atoms with Crippen molar-refractivity contribution >= 4 is 27.6 Å². The number of carboxylic acids is 1. The number of nitrogens with zero attached hydrogens (tertiary/aromatic N) is 2. The molecule has 0 saturated carbocycles. The second-order valence-electron chi connectivity index (χ2n) is 3.33. The van der Waals surface area contributed by atoms with Crippen LogP contribution in [0.3, 0.4) is 0 Å². The molecule has 1 N–H and O–H groups in total. The lowest BCUT2D eigenvalue weighted by atomic mass is 10.2. The fourth-order valence-corrected chi connectivity index (χ4v) is 1.79. The van der Waals surface area contributed by atoms with Gasteiger partial charge < -0.3 is 10.0 Å². The van der Waals surface area contributed by atoms with E-state index in [2.05, 4.69) is 21.9 Å². The largest absolute Gasteiger partial charge is 0.480 e. The number of aliphatic carboxylic acids is 1. The number of anilines is 1. The van der Waals surface area contributed by atoms with Gasteiger partial charge in [0.1, 0.15) is 12.6 Å². The van der Waals surface area contributed by atoms with E-state index in [4.69, 9.17) is 16.8 Å². The molecular formula is C12H8BrFN2O2. The summed E-state index contributed by atoms with van der Waals surface area (Å²) in [5.41, 5.74) is 0.174. The van der Waals surface area contributed by atoms with Gasteiger partial charge in [-0.15, -0.1) is 6.42 Å². The highest BCUT2D eigenvalue weighted by atomic mass is 79.9. The molecule has 0 unspecified atom stereocenters. The Labute approximate surface area is 112 Å². The Morgan fingerprint density at radius 2 is 2.28 bits per heavy atom. The van der Waals surface area contributed by atoms with E-state index in [1.54, 1.807) is 0 Å². The van der Waals surface area contributed by atoms with Crippen LogP contribution in [0.5, 0.6) is 0 Å². The number of hydrogen-bond donors (Lipinski definition) is 1. The van der Waals surface area contributed by atoms with Gasteiger partial charge in [0.2, 0.25) is 0 Å². The maximum absolute atomic E-state index is 14.0. The molecule has 0 amide bonds. The second-order valence-corrected chi connectivity index (χ2v) is 4.12. The quantitative estimate of drug-likeness (QED) is 0.864. The van der Waals surface area contributed by atoms with E-state index in [1.807, 2.05) is 6.07 Å². The van der Waals surface area contributed by atoms with E-state index in [0.29, 0.717) is 0 Å². The number of halogens is 2. The van der Waals surface area contributed by atoms with Crippen molar-refractivity contribution in [1.29, 1.82) is 5.26 Å². The van der Waals surface area contributed by atoms with Crippen LogP contribution in [0, 0.1) is 29.5 Å². The van der Waals surface area contributed by atoms with Crippen molar-refractivity contribution < 1.29 is 14.3 Å². The van der Waals surface area contributed by atoms with Gasteiger partial charge in [0.05, 0.1) is 22.3 Å². The third-order valence-corrected chi connectivity index (χ3v) is 2.91.